The molecule has 0 saturated heterocycles. The lowest BCUT2D eigenvalue weighted by Gasteiger charge is -2.32. The number of nitrogens with zero attached hydrogens (tertiary/aromatic N) is 1. The second-order valence-electron chi connectivity index (χ2n) is 5.25. The summed E-state index contributed by atoms with van der Waals surface area (Å²) in [6.45, 7) is 3.69. The number of hydrogen-bond acceptors (Lipinski definition) is 4. The van der Waals surface area contributed by atoms with Gasteiger partial charge in [-0.1, -0.05) is 6.07 Å². The molecule has 0 saturated carbocycles. The van der Waals surface area contributed by atoms with E-state index in [0.29, 0.717) is 0 Å². The molecule has 1 aromatic heterocycles. The Morgan fingerprint density at radius 1 is 1.56 bits per heavy atom. The summed E-state index contributed by atoms with van der Waals surface area (Å²) >= 11 is 0. The third kappa shape index (κ3) is 2.53. The van der Waals surface area contributed by atoms with Crippen LogP contribution in [-0.4, -0.2) is 23.6 Å². The van der Waals surface area contributed by atoms with Gasteiger partial charge in [-0.3, -0.25) is 15.1 Å². The number of hydrogen-bond donors (Lipinski definition) is 1. The first-order chi connectivity index (χ1) is 8.54. The zero-order chi connectivity index (χ0) is 13.2. The molecule has 1 N–H and O–H groups in total. The standard InChI is InChI=1S/C14H20N2O2/c1-14(2,13(17)18-3)16-11-8-4-6-10-7-5-9-15-12(10)11/h5,7,9,11,16H,4,6,8H2,1-3H3. The van der Waals surface area contributed by atoms with Gasteiger partial charge >= 0.3 is 5.97 Å². The number of carbonyl (C=O) groups excluding carboxylic acids is 1. The minimum Gasteiger partial charge on any atom is -0.468 e. The number of rotatable bonds is 3. The van der Waals surface area contributed by atoms with Crippen molar-refractivity contribution in [1.29, 1.82) is 0 Å². The lowest BCUT2D eigenvalue weighted by molar-refractivity contribution is -0.147. The van der Waals surface area contributed by atoms with Crippen LogP contribution in [0, 0.1) is 0 Å². The number of aryl methyl sites for hydroxylation is 1. The summed E-state index contributed by atoms with van der Waals surface area (Å²) in [4.78, 5) is 16.2. The summed E-state index contributed by atoms with van der Waals surface area (Å²) in [5.74, 6) is -0.245. The van der Waals surface area contributed by atoms with Crippen LogP contribution in [0.1, 0.15) is 44.0 Å². The molecule has 0 fully saturated rings. The maximum atomic E-state index is 11.7. The van der Waals surface area contributed by atoms with Crippen molar-refractivity contribution in [2.75, 3.05) is 7.11 Å². The summed E-state index contributed by atoms with van der Waals surface area (Å²) in [5, 5.41) is 3.37. The Labute approximate surface area is 108 Å². The van der Waals surface area contributed by atoms with E-state index < -0.39 is 5.54 Å². The highest BCUT2D eigenvalue weighted by molar-refractivity contribution is 5.79. The number of pyridine rings is 1. The molecule has 0 radical (unpaired) electrons. The molecule has 1 aliphatic carbocycles. The second-order valence-corrected chi connectivity index (χ2v) is 5.25. The van der Waals surface area contributed by atoms with Crippen LogP contribution in [0.25, 0.3) is 0 Å². The largest absolute Gasteiger partial charge is 0.468 e. The molecule has 18 heavy (non-hydrogen) atoms. The molecule has 1 atom stereocenters. The first-order valence-electron chi connectivity index (χ1n) is 6.34. The van der Waals surface area contributed by atoms with E-state index in [-0.39, 0.29) is 12.0 Å². The lowest BCUT2D eigenvalue weighted by atomic mass is 9.90. The van der Waals surface area contributed by atoms with Gasteiger partial charge in [0.1, 0.15) is 5.54 Å². The van der Waals surface area contributed by atoms with E-state index in [0.717, 1.165) is 25.0 Å². The van der Waals surface area contributed by atoms with Crippen molar-refractivity contribution in [2.45, 2.75) is 44.7 Å². The highest BCUT2D eigenvalue weighted by atomic mass is 16.5. The summed E-state index contributed by atoms with van der Waals surface area (Å²) in [6, 6.07) is 4.21. The third-order valence-corrected chi connectivity index (χ3v) is 3.43. The minimum absolute atomic E-state index is 0.129. The van der Waals surface area contributed by atoms with Crippen LogP contribution in [0.2, 0.25) is 0 Å². The summed E-state index contributed by atoms with van der Waals surface area (Å²) < 4.78 is 4.82. The van der Waals surface area contributed by atoms with Gasteiger partial charge in [0.2, 0.25) is 0 Å². The van der Waals surface area contributed by atoms with Crippen molar-refractivity contribution < 1.29 is 9.53 Å². The predicted octanol–water partition coefficient (Wildman–Crippen LogP) is 2.00. The van der Waals surface area contributed by atoms with Crippen LogP contribution >= 0.6 is 0 Å². The molecule has 2 rings (SSSR count). The molecule has 1 unspecified atom stereocenters. The van der Waals surface area contributed by atoms with Crippen molar-refractivity contribution in [1.82, 2.24) is 10.3 Å². The molecule has 0 spiro atoms. The lowest BCUT2D eigenvalue weighted by Crippen LogP contribution is -2.49. The number of methoxy groups -OCH3 is 1. The van der Waals surface area contributed by atoms with Crippen molar-refractivity contribution in [3.8, 4) is 0 Å². The number of nitrogens with one attached hydrogen (secondary N) is 1. The summed E-state index contributed by atoms with van der Waals surface area (Å²) in [6.07, 6.45) is 5.00. The van der Waals surface area contributed by atoms with Gasteiger partial charge < -0.3 is 4.74 Å². The van der Waals surface area contributed by atoms with Crippen molar-refractivity contribution in [3.05, 3.63) is 29.6 Å². The van der Waals surface area contributed by atoms with Gasteiger partial charge in [0, 0.05) is 6.20 Å². The monoisotopic (exact) mass is 248 g/mol. The van der Waals surface area contributed by atoms with Crippen LogP contribution in [0.15, 0.2) is 18.3 Å². The predicted molar refractivity (Wildman–Crippen MR) is 69.1 cm³/mol. The summed E-state index contributed by atoms with van der Waals surface area (Å²) in [5.41, 5.74) is 1.66. The van der Waals surface area contributed by atoms with Gasteiger partial charge in [-0.15, -0.1) is 0 Å². The number of carbonyl (C=O) groups is 1. The van der Waals surface area contributed by atoms with Gasteiger partial charge in [-0.2, -0.15) is 0 Å². The smallest absolute Gasteiger partial charge is 0.325 e. The minimum atomic E-state index is -0.689. The SMILES string of the molecule is COC(=O)C(C)(C)NC1CCCc2cccnc21. The van der Waals surface area contributed by atoms with E-state index in [9.17, 15) is 4.79 Å². The van der Waals surface area contributed by atoms with Crippen LogP contribution in [0.5, 0.6) is 0 Å². The van der Waals surface area contributed by atoms with Gasteiger partial charge in [0.25, 0.3) is 0 Å². The first kappa shape index (κ1) is 13.0. The molecule has 0 aliphatic heterocycles. The number of esters is 1. The molecule has 0 aromatic carbocycles. The molecule has 1 aliphatic rings. The van der Waals surface area contributed by atoms with Gasteiger partial charge in [-0.25, -0.2) is 0 Å². The Hall–Kier alpha value is -1.42. The van der Waals surface area contributed by atoms with E-state index in [2.05, 4.69) is 16.4 Å². The first-order valence-corrected chi connectivity index (χ1v) is 6.34. The second kappa shape index (κ2) is 5.06. The van der Waals surface area contributed by atoms with Crippen molar-refractivity contribution >= 4 is 5.97 Å². The van der Waals surface area contributed by atoms with Crippen LogP contribution in [0.3, 0.4) is 0 Å². The van der Waals surface area contributed by atoms with E-state index >= 15 is 0 Å². The Bertz CT molecular complexity index is 443. The van der Waals surface area contributed by atoms with Gasteiger partial charge in [0.15, 0.2) is 0 Å². The van der Waals surface area contributed by atoms with E-state index in [4.69, 9.17) is 4.74 Å². The maximum Gasteiger partial charge on any atom is 0.325 e. The molecule has 4 heteroatoms. The Balaban J connectivity index is 2.19. The van der Waals surface area contributed by atoms with Crippen LogP contribution in [-0.2, 0) is 16.0 Å². The Morgan fingerprint density at radius 3 is 3.06 bits per heavy atom. The zero-order valence-corrected chi connectivity index (χ0v) is 11.2. The molecular weight excluding hydrogens is 228 g/mol. The van der Waals surface area contributed by atoms with Crippen molar-refractivity contribution in [3.63, 3.8) is 0 Å². The fraction of sp³-hybridized carbons (Fsp3) is 0.571. The Kier molecular flexibility index (Phi) is 3.66. The average molecular weight is 248 g/mol. The highest BCUT2D eigenvalue weighted by Gasteiger charge is 2.33. The molecule has 0 amide bonds. The highest BCUT2D eigenvalue weighted by Crippen LogP contribution is 2.29. The topological polar surface area (TPSA) is 51.2 Å². The van der Waals surface area contributed by atoms with Gasteiger partial charge in [-0.05, 0) is 44.7 Å². The van der Waals surface area contributed by atoms with E-state index in [1.165, 1.54) is 12.7 Å². The molecule has 1 heterocycles. The van der Waals surface area contributed by atoms with E-state index in [1.807, 2.05) is 26.1 Å². The normalized spacial score (nSPS) is 19.2. The zero-order valence-electron chi connectivity index (χ0n) is 11.2. The number of fused-ring (bicyclic) bond motifs is 1. The van der Waals surface area contributed by atoms with Crippen LogP contribution in [0.4, 0.5) is 0 Å². The number of aromatic nitrogens is 1. The Morgan fingerprint density at radius 2 is 2.33 bits per heavy atom. The fourth-order valence-electron chi connectivity index (χ4n) is 2.50. The van der Waals surface area contributed by atoms with Gasteiger partial charge in [0.05, 0.1) is 18.8 Å². The van der Waals surface area contributed by atoms with Crippen LogP contribution < -0.4 is 5.32 Å². The molecule has 0 bridgehead atoms. The molecule has 4 nitrogen and oxygen atoms in total. The summed E-state index contributed by atoms with van der Waals surface area (Å²) in [7, 11) is 1.42. The third-order valence-electron chi connectivity index (χ3n) is 3.43. The number of ether oxygens (including phenoxy) is 1. The quantitative estimate of drug-likeness (QED) is 0.831. The molecule has 1 aromatic rings. The fourth-order valence-corrected chi connectivity index (χ4v) is 2.50. The molecule has 98 valence electrons. The average Bonchev–Trinajstić information content (AvgIpc) is 2.38. The van der Waals surface area contributed by atoms with E-state index in [1.54, 1.807) is 0 Å². The maximum absolute atomic E-state index is 11.7. The van der Waals surface area contributed by atoms with Crippen molar-refractivity contribution in [2.24, 2.45) is 0 Å². The molecular formula is C14H20N2O2.